The van der Waals surface area contributed by atoms with E-state index in [0.717, 1.165) is 55.9 Å². The number of halogens is 6. The lowest BCUT2D eigenvalue weighted by Gasteiger charge is -2.32. The molecule has 1 nitrogen and oxygen atoms in total. The van der Waals surface area contributed by atoms with Crippen molar-refractivity contribution in [3.05, 3.63) is 65.0 Å². The van der Waals surface area contributed by atoms with Gasteiger partial charge < -0.3 is 4.74 Å². The van der Waals surface area contributed by atoms with Crippen LogP contribution in [0.5, 0.6) is 0 Å². The largest absolute Gasteiger partial charge is 0.409 e. The van der Waals surface area contributed by atoms with Crippen molar-refractivity contribution in [2.24, 2.45) is 11.8 Å². The number of rotatable bonds is 6. The van der Waals surface area contributed by atoms with Crippen molar-refractivity contribution in [1.82, 2.24) is 0 Å². The third kappa shape index (κ3) is 6.93. The summed E-state index contributed by atoms with van der Waals surface area (Å²) in [4.78, 5) is 0. The molecule has 0 N–H and O–H groups in total. The van der Waals surface area contributed by atoms with Crippen LogP contribution in [0.15, 0.2) is 36.4 Å². The highest BCUT2D eigenvalue weighted by Crippen LogP contribution is 2.37. The van der Waals surface area contributed by atoms with Gasteiger partial charge in [-0.05, 0) is 91.7 Å². The highest BCUT2D eigenvalue weighted by Gasteiger charge is 2.26. The monoisotopic (exact) mass is 510 g/mol. The van der Waals surface area contributed by atoms with Crippen molar-refractivity contribution < 1.29 is 31.1 Å². The van der Waals surface area contributed by atoms with E-state index in [0.29, 0.717) is 12.0 Å². The van der Waals surface area contributed by atoms with Gasteiger partial charge in [-0.1, -0.05) is 31.9 Å². The van der Waals surface area contributed by atoms with E-state index in [4.69, 9.17) is 4.74 Å². The second kappa shape index (κ2) is 11.4. The molecular formula is C29H32F6O. The maximum Gasteiger partial charge on any atom is 0.409 e. The molecule has 2 aliphatic rings. The summed E-state index contributed by atoms with van der Waals surface area (Å²) in [7, 11) is 0. The number of ether oxygens (including phenoxy) is 1. The molecule has 0 amide bonds. The summed E-state index contributed by atoms with van der Waals surface area (Å²) in [5.74, 6) is -1.32. The molecule has 0 heterocycles. The van der Waals surface area contributed by atoms with Gasteiger partial charge in [-0.25, -0.2) is 13.2 Å². The van der Waals surface area contributed by atoms with Crippen LogP contribution in [0.25, 0.3) is 17.2 Å². The minimum atomic E-state index is -4.70. The molecule has 0 atom stereocenters. The molecular weight excluding hydrogens is 478 g/mol. The Kier molecular flexibility index (Phi) is 8.48. The van der Waals surface area contributed by atoms with Crippen LogP contribution in [0.4, 0.5) is 26.3 Å². The SMILES string of the molecule is CC1CCC(COC2CCC(c3ccc(-c4cc(F)c(/C=C/C(F)(F)F)c(F)c4)c(F)c3)CC2)CC1. The molecule has 0 aromatic heterocycles. The molecule has 2 saturated carbocycles. The van der Waals surface area contributed by atoms with Crippen molar-refractivity contribution in [1.29, 1.82) is 0 Å². The van der Waals surface area contributed by atoms with E-state index in [2.05, 4.69) is 6.92 Å². The van der Waals surface area contributed by atoms with Gasteiger partial charge in [-0.2, -0.15) is 13.2 Å². The molecule has 2 aromatic carbocycles. The first-order chi connectivity index (χ1) is 17.1. The van der Waals surface area contributed by atoms with Gasteiger partial charge in [0.2, 0.25) is 0 Å². The second-order valence-corrected chi connectivity index (χ2v) is 10.4. The predicted octanol–water partition coefficient (Wildman–Crippen LogP) is 9.22. The maximum absolute atomic E-state index is 15.0. The number of allylic oxidation sites excluding steroid dienone is 1. The van der Waals surface area contributed by atoms with Gasteiger partial charge in [-0.3, -0.25) is 0 Å². The first-order valence-corrected chi connectivity index (χ1v) is 12.8. The molecule has 0 radical (unpaired) electrons. The summed E-state index contributed by atoms with van der Waals surface area (Å²) in [6, 6.07) is 6.36. The molecule has 0 saturated heterocycles. The Labute approximate surface area is 208 Å². The first kappa shape index (κ1) is 26.8. The lowest BCUT2D eigenvalue weighted by Crippen LogP contribution is -2.25. The van der Waals surface area contributed by atoms with E-state index >= 15 is 0 Å². The molecule has 0 aliphatic heterocycles. The maximum atomic E-state index is 15.0. The zero-order valence-electron chi connectivity index (χ0n) is 20.4. The Hall–Kier alpha value is -2.28. The third-order valence-corrected chi connectivity index (χ3v) is 7.67. The van der Waals surface area contributed by atoms with Crippen LogP contribution in [-0.4, -0.2) is 18.9 Å². The zero-order chi connectivity index (χ0) is 25.9. The molecule has 2 fully saturated rings. The van der Waals surface area contributed by atoms with Gasteiger partial charge in [0.05, 0.1) is 6.10 Å². The number of alkyl halides is 3. The summed E-state index contributed by atoms with van der Waals surface area (Å²) in [5.41, 5.74) is -0.0408. The van der Waals surface area contributed by atoms with Crippen LogP contribution in [-0.2, 0) is 4.74 Å². The third-order valence-electron chi connectivity index (χ3n) is 7.67. The normalized spacial score (nSPS) is 25.4. The summed E-state index contributed by atoms with van der Waals surface area (Å²) in [5, 5.41) is 0. The van der Waals surface area contributed by atoms with E-state index in [-0.39, 0.29) is 29.2 Å². The second-order valence-electron chi connectivity index (χ2n) is 10.4. The molecule has 0 spiro atoms. The fourth-order valence-corrected chi connectivity index (χ4v) is 5.43. The van der Waals surface area contributed by atoms with Gasteiger partial charge in [0, 0.05) is 23.8 Å². The molecule has 36 heavy (non-hydrogen) atoms. The van der Waals surface area contributed by atoms with Crippen LogP contribution in [0.3, 0.4) is 0 Å². The van der Waals surface area contributed by atoms with Gasteiger partial charge in [0.25, 0.3) is 0 Å². The van der Waals surface area contributed by atoms with Crippen LogP contribution < -0.4 is 0 Å². The average molecular weight is 511 g/mol. The Morgan fingerprint density at radius 1 is 0.833 bits per heavy atom. The van der Waals surface area contributed by atoms with Crippen LogP contribution in [0.1, 0.15) is 75.3 Å². The Balaban J connectivity index is 1.36. The van der Waals surface area contributed by atoms with Gasteiger partial charge in [0.1, 0.15) is 17.5 Å². The quantitative estimate of drug-likeness (QED) is 0.352. The fraction of sp³-hybridized carbons (Fsp3) is 0.517. The first-order valence-electron chi connectivity index (χ1n) is 12.8. The lowest BCUT2D eigenvalue weighted by molar-refractivity contribution is -0.0790. The Bertz CT molecular complexity index is 1040. The van der Waals surface area contributed by atoms with Crippen LogP contribution in [0.2, 0.25) is 0 Å². The van der Waals surface area contributed by atoms with Crippen molar-refractivity contribution >= 4 is 6.08 Å². The van der Waals surface area contributed by atoms with Crippen molar-refractivity contribution in [3.63, 3.8) is 0 Å². The standard InChI is InChI=1S/C29H32F6O/c1-18-2-4-19(5-3-18)17-36-23-9-6-20(7-10-23)21-8-11-24(26(30)14-21)22-15-27(31)25(28(32)16-22)12-13-29(33,34)35/h8,11-16,18-20,23H,2-7,9-10,17H2,1H3/b13-12+. The summed E-state index contributed by atoms with van der Waals surface area (Å²) in [6.07, 6.45) is 4.28. The number of benzene rings is 2. The zero-order valence-corrected chi connectivity index (χ0v) is 20.4. The van der Waals surface area contributed by atoms with E-state index in [1.165, 1.54) is 37.8 Å². The van der Waals surface area contributed by atoms with Gasteiger partial charge in [-0.15, -0.1) is 0 Å². The van der Waals surface area contributed by atoms with Crippen LogP contribution >= 0.6 is 0 Å². The summed E-state index contributed by atoms with van der Waals surface area (Å²) in [6.45, 7) is 3.13. The smallest absolute Gasteiger partial charge is 0.378 e. The topological polar surface area (TPSA) is 9.23 Å². The number of hydrogen-bond acceptors (Lipinski definition) is 1. The summed E-state index contributed by atoms with van der Waals surface area (Å²) >= 11 is 0. The minimum Gasteiger partial charge on any atom is -0.378 e. The molecule has 0 unspecified atom stereocenters. The Morgan fingerprint density at radius 2 is 1.47 bits per heavy atom. The van der Waals surface area contributed by atoms with Crippen molar-refractivity contribution in [2.45, 2.75) is 76.5 Å². The van der Waals surface area contributed by atoms with Crippen molar-refractivity contribution in [2.75, 3.05) is 6.61 Å². The van der Waals surface area contributed by atoms with Crippen LogP contribution in [0, 0.1) is 29.3 Å². The average Bonchev–Trinajstić information content (AvgIpc) is 2.82. The van der Waals surface area contributed by atoms with E-state index in [9.17, 15) is 26.3 Å². The molecule has 0 bridgehead atoms. The molecule has 2 aromatic rings. The molecule has 7 heteroatoms. The minimum absolute atomic E-state index is 0.00159. The summed E-state index contributed by atoms with van der Waals surface area (Å²) < 4.78 is 86.8. The fourth-order valence-electron chi connectivity index (χ4n) is 5.43. The van der Waals surface area contributed by atoms with E-state index in [1.807, 2.05) is 0 Å². The lowest BCUT2D eigenvalue weighted by atomic mass is 9.81. The highest BCUT2D eigenvalue weighted by atomic mass is 19.4. The number of hydrogen-bond donors (Lipinski definition) is 0. The van der Waals surface area contributed by atoms with Crippen molar-refractivity contribution in [3.8, 4) is 11.1 Å². The Morgan fingerprint density at radius 3 is 2.06 bits per heavy atom. The van der Waals surface area contributed by atoms with E-state index in [1.54, 1.807) is 6.07 Å². The molecule has 196 valence electrons. The molecule has 2 aliphatic carbocycles. The van der Waals surface area contributed by atoms with Gasteiger partial charge in [0.15, 0.2) is 0 Å². The predicted molar refractivity (Wildman–Crippen MR) is 129 cm³/mol. The molecule has 4 rings (SSSR count). The van der Waals surface area contributed by atoms with Gasteiger partial charge >= 0.3 is 6.18 Å². The van der Waals surface area contributed by atoms with E-state index < -0.39 is 29.2 Å². The highest BCUT2D eigenvalue weighted by molar-refractivity contribution is 5.67.